The number of halogens is 3. The van der Waals surface area contributed by atoms with E-state index in [0.29, 0.717) is 25.4 Å². The standard InChI is InChI=1S/C16H22F3N3O2/c1-21-8-3-9-22(11-10-21)15(23)20-14(16(17,18)19)12-4-6-13(24-2)7-5-12/h4-7,14H,3,8-11H2,1-2H3,(H,20,23)/t14-/m1/s1. The van der Waals surface area contributed by atoms with E-state index in [1.807, 2.05) is 7.05 Å². The number of ether oxygens (including phenoxy) is 1. The van der Waals surface area contributed by atoms with Crippen LogP contribution in [0.3, 0.4) is 0 Å². The second-order valence-electron chi connectivity index (χ2n) is 5.84. The average Bonchev–Trinajstić information content (AvgIpc) is 2.76. The highest BCUT2D eigenvalue weighted by molar-refractivity contribution is 5.75. The van der Waals surface area contributed by atoms with E-state index < -0.39 is 18.2 Å². The molecule has 1 aromatic rings. The summed E-state index contributed by atoms with van der Waals surface area (Å²) in [5.74, 6) is 0.460. The molecule has 2 rings (SSSR count). The predicted molar refractivity (Wildman–Crippen MR) is 84.0 cm³/mol. The van der Waals surface area contributed by atoms with E-state index in [1.54, 1.807) is 0 Å². The molecule has 1 aliphatic heterocycles. The van der Waals surface area contributed by atoms with Gasteiger partial charge in [-0.1, -0.05) is 12.1 Å². The van der Waals surface area contributed by atoms with Crippen LogP contribution in [-0.2, 0) is 0 Å². The summed E-state index contributed by atoms with van der Waals surface area (Å²) in [6.45, 7) is 2.33. The normalized spacial score (nSPS) is 18.0. The highest BCUT2D eigenvalue weighted by atomic mass is 19.4. The number of urea groups is 1. The summed E-state index contributed by atoms with van der Waals surface area (Å²) < 4.78 is 45.1. The predicted octanol–water partition coefficient (Wildman–Crippen LogP) is 2.65. The molecule has 0 aliphatic carbocycles. The molecule has 1 atom stereocenters. The first kappa shape index (κ1) is 18.4. The van der Waals surface area contributed by atoms with Crippen LogP contribution in [0.4, 0.5) is 18.0 Å². The quantitative estimate of drug-likeness (QED) is 0.916. The van der Waals surface area contributed by atoms with Gasteiger partial charge in [0.2, 0.25) is 0 Å². The highest BCUT2D eigenvalue weighted by Crippen LogP contribution is 2.33. The molecular weight excluding hydrogens is 323 g/mol. The van der Waals surface area contributed by atoms with E-state index in [4.69, 9.17) is 4.74 Å². The van der Waals surface area contributed by atoms with Gasteiger partial charge in [0.25, 0.3) is 0 Å². The van der Waals surface area contributed by atoms with Crippen LogP contribution in [0.1, 0.15) is 18.0 Å². The maximum Gasteiger partial charge on any atom is 0.412 e. The van der Waals surface area contributed by atoms with Crippen LogP contribution in [-0.4, -0.2) is 62.3 Å². The Hall–Kier alpha value is -1.96. The summed E-state index contributed by atoms with van der Waals surface area (Å²) in [6, 6.07) is 2.78. The molecule has 0 spiro atoms. The molecule has 1 aliphatic rings. The van der Waals surface area contributed by atoms with Gasteiger partial charge in [-0.15, -0.1) is 0 Å². The second kappa shape index (κ2) is 7.74. The van der Waals surface area contributed by atoms with Gasteiger partial charge < -0.3 is 19.9 Å². The van der Waals surface area contributed by atoms with Crippen molar-refractivity contribution in [2.45, 2.75) is 18.6 Å². The number of carbonyl (C=O) groups excluding carboxylic acids is 1. The maximum absolute atomic E-state index is 13.4. The Labute approximate surface area is 139 Å². The number of nitrogens with zero attached hydrogens (tertiary/aromatic N) is 2. The Kier molecular flexibility index (Phi) is 5.93. The Balaban J connectivity index is 2.12. The van der Waals surface area contributed by atoms with Gasteiger partial charge in [0, 0.05) is 19.6 Å². The minimum absolute atomic E-state index is 0.0245. The molecule has 1 saturated heterocycles. The van der Waals surface area contributed by atoms with Gasteiger partial charge in [0.05, 0.1) is 7.11 Å². The molecule has 0 aromatic heterocycles. The highest BCUT2D eigenvalue weighted by Gasteiger charge is 2.42. The van der Waals surface area contributed by atoms with E-state index >= 15 is 0 Å². The first-order chi connectivity index (χ1) is 11.3. The van der Waals surface area contributed by atoms with Gasteiger partial charge in [-0.05, 0) is 37.7 Å². The molecule has 1 fully saturated rings. The number of likely N-dealkylation sites (N-methyl/N-ethyl adjacent to an activating group) is 1. The number of rotatable bonds is 3. The summed E-state index contributed by atoms with van der Waals surface area (Å²) in [7, 11) is 3.37. The van der Waals surface area contributed by atoms with E-state index in [2.05, 4.69) is 10.2 Å². The Morgan fingerprint density at radius 3 is 2.42 bits per heavy atom. The van der Waals surface area contributed by atoms with E-state index in [0.717, 1.165) is 13.0 Å². The second-order valence-corrected chi connectivity index (χ2v) is 5.84. The smallest absolute Gasteiger partial charge is 0.412 e. The van der Waals surface area contributed by atoms with Gasteiger partial charge in [0.15, 0.2) is 6.04 Å². The summed E-state index contributed by atoms with van der Waals surface area (Å²) in [4.78, 5) is 15.8. The maximum atomic E-state index is 13.4. The number of hydrogen-bond acceptors (Lipinski definition) is 3. The fraction of sp³-hybridized carbons (Fsp3) is 0.562. The Bertz CT molecular complexity index is 548. The molecule has 1 aromatic carbocycles. The van der Waals surface area contributed by atoms with Gasteiger partial charge in [-0.25, -0.2) is 4.79 Å². The van der Waals surface area contributed by atoms with E-state index in [1.165, 1.54) is 36.3 Å². The number of hydrogen-bond donors (Lipinski definition) is 1. The van der Waals surface area contributed by atoms with Crippen molar-refractivity contribution in [1.82, 2.24) is 15.1 Å². The van der Waals surface area contributed by atoms with Crippen LogP contribution in [0.25, 0.3) is 0 Å². The summed E-state index contributed by atoms with van der Waals surface area (Å²) in [5.41, 5.74) is -0.0245. The monoisotopic (exact) mass is 345 g/mol. The summed E-state index contributed by atoms with van der Waals surface area (Å²) in [5, 5.41) is 2.13. The molecule has 0 radical (unpaired) electrons. The van der Waals surface area contributed by atoms with Crippen molar-refractivity contribution in [2.75, 3.05) is 40.3 Å². The van der Waals surface area contributed by atoms with Gasteiger partial charge in [-0.2, -0.15) is 13.2 Å². The molecule has 8 heteroatoms. The van der Waals surface area contributed by atoms with Crippen LogP contribution >= 0.6 is 0 Å². The molecule has 134 valence electrons. The minimum atomic E-state index is -4.58. The summed E-state index contributed by atoms with van der Waals surface area (Å²) in [6.07, 6.45) is -3.84. The molecular formula is C16H22F3N3O2. The fourth-order valence-corrected chi connectivity index (χ4v) is 2.61. The van der Waals surface area contributed by atoms with Crippen molar-refractivity contribution in [3.63, 3.8) is 0 Å². The van der Waals surface area contributed by atoms with Crippen molar-refractivity contribution in [1.29, 1.82) is 0 Å². The van der Waals surface area contributed by atoms with Crippen LogP contribution in [0.2, 0.25) is 0 Å². The molecule has 5 nitrogen and oxygen atoms in total. The average molecular weight is 345 g/mol. The van der Waals surface area contributed by atoms with E-state index in [9.17, 15) is 18.0 Å². The van der Waals surface area contributed by atoms with Crippen molar-refractivity contribution in [3.05, 3.63) is 29.8 Å². The Morgan fingerprint density at radius 1 is 1.17 bits per heavy atom. The van der Waals surface area contributed by atoms with Crippen LogP contribution < -0.4 is 10.1 Å². The first-order valence-corrected chi connectivity index (χ1v) is 7.76. The molecule has 2 amide bonds. The lowest BCUT2D eigenvalue weighted by Crippen LogP contribution is -2.46. The number of carbonyl (C=O) groups is 1. The van der Waals surface area contributed by atoms with Gasteiger partial charge >= 0.3 is 12.2 Å². The SMILES string of the molecule is COc1ccc([C@@H](NC(=O)N2CCCN(C)CC2)C(F)(F)F)cc1. The third-order valence-corrected chi connectivity index (χ3v) is 4.05. The van der Waals surface area contributed by atoms with Crippen molar-refractivity contribution < 1.29 is 22.7 Å². The number of alkyl halides is 3. The molecule has 24 heavy (non-hydrogen) atoms. The molecule has 0 unspecified atom stereocenters. The molecule has 1 N–H and O–H groups in total. The van der Waals surface area contributed by atoms with Crippen molar-refractivity contribution in [2.24, 2.45) is 0 Å². The third-order valence-electron chi connectivity index (χ3n) is 4.05. The zero-order valence-corrected chi connectivity index (χ0v) is 13.8. The topological polar surface area (TPSA) is 44.8 Å². The number of methoxy groups -OCH3 is 1. The van der Waals surface area contributed by atoms with Crippen molar-refractivity contribution >= 4 is 6.03 Å². The fourth-order valence-electron chi connectivity index (χ4n) is 2.61. The van der Waals surface area contributed by atoms with Crippen molar-refractivity contribution in [3.8, 4) is 5.75 Å². The number of benzene rings is 1. The third kappa shape index (κ3) is 4.77. The lowest BCUT2D eigenvalue weighted by molar-refractivity contribution is -0.155. The lowest BCUT2D eigenvalue weighted by atomic mass is 10.1. The van der Waals surface area contributed by atoms with Crippen LogP contribution in [0, 0.1) is 0 Å². The zero-order valence-electron chi connectivity index (χ0n) is 13.8. The summed E-state index contributed by atoms with van der Waals surface area (Å²) >= 11 is 0. The minimum Gasteiger partial charge on any atom is -0.497 e. The first-order valence-electron chi connectivity index (χ1n) is 7.76. The molecule has 0 bridgehead atoms. The molecule has 0 saturated carbocycles. The molecule has 1 heterocycles. The largest absolute Gasteiger partial charge is 0.497 e. The van der Waals surface area contributed by atoms with E-state index in [-0.39, 0.29) is 5.56 Å². The lowest BCUT2D eigenvalue weighted by Gasteiger charge is -2.27. The zero-order chi connectivity index (χ0) is 17.7. The number of amides is 2. The number of nitrogens with one attached hydrogen (secondary N) is 1. The van der Waals surface area contributed by atoms with Gasteiger partial charge in [0.1, 0.15) is 5.75 Å². The van der Waals surface area contributed by atoms with Crippen LogP contribution in [0.15, 0.2) is 24.3 Å². The van der Waals surface area contributed by atoms with Gasteiger partial charge in [-0.3, -0.25) is 0 Å². The van der Waals surface area contributed by atoms with Crippen LogP contribution in [0.5, 0.6) is 5.75 Å². The Morgan fingerprint density at radius 2 is 1.83 bits per heavy atom.